The molecule has 1 aliphatic heterocycles. The molecule has 4 rings (SSSR count). The molecule has 0 fully saturated rings. The lowest BCUT2D eigenvalue weighted by atomic mass is 10.1. The molecule has 0 unspecified atom stereocenters. The largest absolute Gasteiger partial charge is 0.493 e. The van der Waals surface area contributed by atoms with Crippen LogP contribution >= 0.6 is 27.5 Å². The Hall–Kier alpha value is -2.64. The summed E-state index contributed by atoms with van der Waals surface area (Å²) >= 11 is 9.70. The van der Waals surface area contributed by atoms with Gasteiger partial charge >= 0.3 is 0 Å². The predicted octanol–water partition coefficient (Wildman–Crippen LogP) is 6.17. The van der Waals surface area contributed by atoms with Crippen LogP contribution < -0.4 is 24.3 Å². The Balaban J connectivity index is 1.58. The summed E-state index contributed by atoms with van der Waals surface area (Å²) in [6.45, 7) is 0.615. The van der Waals surface area contributed by atoms with Gasteiger partial charge in [0.25, 0.3) is 0 Å². The summed E-state index contributed by atoms with van der Waals surface area (Å²) in [5.74, 6) is 2.02. The molecule has 0 spiro atoms. The van der Waals surface area contributed by atoms with Crippen molar-refractivity contribution in [2.75, 3.05) is 19.2 Å². The molecule has 5 nitrogen and oxygen atoms in total. The van der Waals surface area contributed by atoms with E-state index >= 15 is 0 Å². The lowest BCUT2D eigenvalue weighted by molar-refractivity contribution is 0.174. The maximum absolute atomic E-state index is 14.2. The van der Waals surface area contributed by atoms with Gasteiger partial charge in [-0.15, -0.1) is 0 Å². The molecule has 1 heterocycles. The van der Waals surface area contributed by atoms with E-state index in [4.69, 9.17) is 30.5 Å². The minimum Gasteiger partial charge on any atom is -0.493 e. The number of hydrogen-bond donors (Lipinski definition) is 1. The molecule has 3 aromatic rings. The first-order valence-corrected chi connectivity index (χ1v) is 10.3. The van der Waals surface area contributed by atoms with Gasteiger partial charge in [0, 0.05) is 33.9 Å². The molecule has 30 heavy (non-hydrogen) atoms. The fourth-order valence-electron chi connectivity index (χ4n) is 3.08. The number of halogens is 3. The van der Waals surface area contributed by atoms with E-state index in [2.05, 4.69) is 21.2 Å². The van der Waals surface area contributed by atoms with Gasteiger partial charge in [-0.2, -0.15) is 0 Å². The second-order valence-electron chi connectivity index (χ2n) is 6.47. The van der Waals surface area contributed by atoms with Gasteiger partial charge < -0.3 is 24.3 Å². The lowest BCUT2D eigenvalue weighted by Crippen LogP contribution is -2.07. The Morgan fingerprint density at radius 2 is 1.93 bits per heavy atom. The highest BCUT2D eigenvalue weighted by molar-refractivity contribution is 9.10. The number of rotatable bonds is 7. The average Bonchev–Trinajstić information content (AvgIpc) is 3.21. The Bertz CT molecular complexity index is 1060. The van der Waals surface area contributed by atoms with Crippen LogP contribution in [0.25, 0.3) is 0 Å². The smallest absolute Gasteiger partial charge is 0.231 e. The summed E-state index contributed by atoms with van der Waals surface area (Å²) in [7, 11) is 1.56. The molecule has 0 amide bonds. The number of hydrogen-bond acceptors (Lipinski definition) is 5. The number of methoxy groups -OCH3 is 1. The molecular weight excluding hydrogens is 477 g/mol. The van der Waals surface area contributed by atoms with Crippen molar-refractivity contribution in [3.63, 3.8) is 0 Å². The molecule has 0 saturated carbocycles. The molecule has 0 bridgehead atoms. The molecule has 1 N–H and O–H groups in total. The number of benzene rings is 3. The van der Waals surface area contributed by atoms with E-state index in [-0.39, 0.29) is 19.0 Å². The Morgan fingerprint density at radius 3 is 2.73 bits per heavy atom. The molecule has 1 aliphatic rings. The first-order valence-electron chi connectivity index (χ1n) is 9.11. The summed E-state index contributed by atoms with van der Waals surface area (Å²) in [6, 6.07) is 13.8. The summed E-state index contributed by atoms with van der Waals surface area (Å²) in [5, 5.41) is 3.65. The Kier molecular flexibility index (Phi) is 6.20. The standard InChI is InChI=1S/C22H18BrClFNO4/c1-27-20-8-6-16(23)14(10-26-13-5-7-19-21(9-13)30-12-29-19)22(20)28-11-15-17(24)3-2-4-18(15)25/h2-9,26H,10-12H2,1H3. The average molecular weight is 495 g/mol. The second-order valence-corrected chi connectivity index (χ2v) is 7.73. The third-order valence-electron chi connectivity index (χ3n) is 4.65. The number of nitrogens with one attached hydrogen (secondary N) is 1. The number of ether oxygens (including phenoxy) is 4. The van der Waals surface area contributed by atoms with E-state index in [1.807, 2.05) is 24.3 Å². The van der Waals surface area contributed by atoms with Crippen LogP contribution in [0.1, 0.15) is 11.1 Å². The summed E-state index contributed by atoms with van der Waals surface area (Å²) < 4.78 is 37.2. The van der Waals surface area contributed by atoms with Crippen molar-refractivity contribution in [1.29, 1.82) is 0 Å². The van der Waals surface area contributed by atoms with E-state index in [9.17, 15) is 4.39 Å². The molecule has 0 aromatic heterocycles. The van der Waals surface area contributed by atoms with Crippen molar-refractivity contribution in [1.82, 2.24) is 0 Å². The molecule has 8 heteroatoms. The first-order chi connectivity index (χ1) is 14.6. The van der Waals surface area contributed by atoms with Crippen molar-refractivity contribution in [2.24, 2.45) is 0 Å². The Labute approximate surface area is 186 Å². The van der Waals surface area contributed by atoms with E-state index in [0.29, 0.717) is 34.6 Å². The molecule has 156 valence electrons. The van der Waals surface area contributed by atoms with Gasteiger partial charge in [-0.1, -0.05) is 33.6 Å². The summed E-state index contributed by atoms with van der Waals surface area (Å²) in [4.78, 5) is 0. The van der Waals surface area contributed by atoms with Crippen LogP contribution in [0, 0.1) is 5.82 Å². The van der Waals surface area contributed by atoms with Gasteiger partial charge in [-0.3, -0.25) is 0 Å². The first kappa shape index (κ1) is 20.6. The fraction of sp³-hybridized carbons (Fsp3) is 0.182. The minimum absolute atomic E-state index is 0.0324. The van der Waals surface area contributed by atoms with Crippen LogP contribution in [-0.2, 0) is 13.2 Å². The van der Waals surface area contributed by atoms with Crippen molar-refractivity contribution in [3.8, 4) is 23.0 Å². The molecule has 0 radical (unpaired) electrons. The highest BCUT2D eigenvalue weighted by Crippen LogP contribution is 2.39. The minimum atomic E-state index is -0.420. The van der Waals surface area contributed by atoms with E-state index in [1.165, 1.54) is 6.07 Å². The van der Waals surface area contributed by atoms with Crippen LogP contribution in [0.5, 0.6) is 23.0 Å². The highest BCUT2D eigenvalue weighted by atomic mass is 79.9. The van der Waals surface area contributed by atoms with Gasteiger partial charge in [-0.05, 0) is 36.4 Å². The predicted molar refractivity (Wildman–Crippen MR) is 116 cm³/mol. The lowest BCUT2D eigenvalue weighted by Gasteiger charge is -2.18. The van der Waals surface area contributed by atoms with Crippen molar-refractivity contribution in [2.45, 2.75) is 13.2 Å². The summed E-state index contributed by atoms with van der Waals surface area (Å²) in [6.07, 6.45) is 0. The number of anilines is 1. The third kappa shape index (κ3) is 4.27. The van der Waals surface area contributed by atoms with E-state index in [0.717, 1.165) is 15.7 Å². The maximum atomic E-state index is 14.2. The number of fused-ring (bicyclic) bond motifs is 1. The van der Waals surface area contributed by atoms with Crippen LogP contribution in [0.15, 0.2) is 53.0 Å². The van der Waals surface area contributed by atoms with E-state index < -0.39 is 5.82 Å². The molecular formula is C22H18BrClFNO4. The van der Waals surface area contributed by atoms with Gasteiger partial charge in [-0.25, -0.2) is 4.39 Å². The fourth-order valence-corrected chi connectivity index (χ4v) is 3.75. The molecule has 0 saturated heterocycles. The zero-order valence-electron chi connectivity index (χ0n) is 16.0. The summed E-state index contributed by atoms with van der Waals surface area (Å²) in [5.41, 5.74) is 1.97. The van der Waals surface area contributed by atoms with Gasteiger partial charge in [0.2, 0.25) is 6.79 Å². The van der Waals surface area contributed by atoms with Crippen LogP contribution in [-0.4, -0.2) is 13.9 Å². The normalized spacial score (nSPS) is 12.0. The zero-order valence-corrected chi connectivity index (χ0v) is 18.3. The van der Waals surface area contributed by atoms with E-state index in [1.54, 1.807) is 25.3 Å². The topological polar surface area (TPSA) is 49.0 Å². The van der Waals surface area contributed by atoms with Crippen LogP contribution in [0.3, 0.4) is 0 Å². The monoisotopic (exact) mass is 493 g/mol. The van der Waals surface area contributed by atoms with Crippen molar-refractivity contribution in [3.05, 3.63) is 75.0 Å². The third-order valence-corrected chi connectivity index (χ3v) is 5.75. The zero-order chi connectivity index (χ0) is 21.1. The molecule has 0 atom stereocenters. The molecule has 0 aliphatic carbocycles. The second kappa shape index (κ2) is 9.02. The van der Waals surface area contributed by atoms with Crippen LogP contribution in [0.4, 0.5) is 10.1 Å². The molecule has 3 aromatic carbocycles. The van der Waals surface area contributed by atoms with Gasteiger partial charge in [0.1, 0.15) is 12.4 Å². The van der Waals surface area contributed by atoms with Gasteiger partial charge in [0.05, 0.1) is 12.1 Å². The van der Waals surface area contributed by atoms with Crippen molar-refractivity contribution < 1.29 is 23.3 Å². The quantitative estimate of drug-likeness (QED) is 0.426. The SMILES string of the molecule is COc1ccc(Br)c(CNc2ccc3c(c2)OCO3)c1OCc1c(F)cccc1Cl. The van der Waals surface area contributed by atoms with Crippen LogP contribution in [0.2, 0.25) is 5.02 Å². The maximum Gasteiger partial charge on any atom is 0.231 e. The highest BCUT2D eigenvalue weighted by Gasteiger charge is 2.18. The Morgan fingerprint density at radius 1 is 1.10 bits per heavy atom. The van der Waals surface area contributed by atoms with Gasteiger partial charge in [0.15, 0.2) is 23.0 Å². The van der Waals surface area contributed by atoms with Crippen molar-refractivity contribution >= 4 is 33.2 Å².